The Morgan fingerprint density at radius 3 is 2.33 bits per heavy atom. The molecule has 2 aliphatic rings. The van der Waals surface area contributed by atoms with Gasteiger partial charge in [-0.05, 0) is 48.4 Å². The highest BCUT2D eigenvalue weighted by Crippen LogP contribution is 2.34. The molecule has 0 radical (unpaired) electrons. The fourth-order valence-corrected chi connectivity index (χ4v) is 4.48. The molecule has 0 spiro atoms. The number of fused-ring (bicyclic) bond motifs is 1. The first-order valence-corrected chi connectivity index (χ1v) is 11.2. The molecule has 6 nitrogen and oxygen atoms in total. The van der Waals surface area contributed by atoms with E-state index in [4.69, 9.17) is 19.4 Å². The molecule has 0 atom stereocenters. The van der Waals surface area contributed by atoms with E-state index in [1.54, 1.807) is 14.2 Å². The van der Waals surface area contributed by atoms with Crippen LogP contribution in [0.4, 0.5) is 11.8 Å². The average Bonchev–Trinajstić information content (AvgIpc) is 2.78. The van der Waals surface area contributed by atoms with Gasteiger partial charge in [0.15, 0.2) is 11.5 Å². The maximum absolute atomic E-state index is 5.52. The van der Waals surface area contributed by atoms with E-state index >= 15 is 0 Å². The van der Waals surface area contributed by atoms with E-state index in [1.807, 2.05) is 0 Å². The van der Waals surface area contributed by atoms with Crippen LogP contribution in [-0.2, 0) is 13.0 Å². The number of hydrogen-bond donors (Lipinski definition) is 1. The molecule has 1 aliphatic carbocycles. The van der Waals surface area contributed by atoms with Crippen LogP contribution in [-0.4, -0.2) is 36.8 Å². The Bertz CT molecular complexity index is 878. The molecule has 0 unspecified atom stereocenters. The van der Waals surface area contributed by atoms with Gasteiger partial charge in [0.05, 0.1) is 19.9 Å². The van der Waals surface area contributed by atoms with Gasteiger partial charge in [0.25, 0.3) is 0 Å². The van der Waals surface area contributed by atoms with Crippen LogP contribution in [0.2, 0.25) is 0 Å². The predicted molar refractivity (Wildman–Crippen MR) is 121 cm³/mol. The van der Waals surface area contributed by atoms with Crippen molar-refractivity contribution >= 4 is 11.8 Å². The Morgan fingerprint density at radius 2 is 1.67 bits per heavy atom. The van der Waals surface area contributed by atoms with Gasteiger partial charge >= 0.3 is 0 Å². The third-order valence-electron chi connectivity index (χ3n) is 6.30. The highest BCUT2D eigenvalue weighted by Gasteiger charge is 2.23. The minimum absolute atomic E-state index is 0.361. The van der Waals surface area contributed by atoms with Crippen molar-refractivity contribution in [1.82, 2.24) is 9.97 Å². The predicted octanol–water partition coefficient (Wildman–Crippen LogP) is 4.92. The zero-order chi connectivity index (χ0) is 21.1. The number of anilines is 2. The summed E-state index contributed by atoms with van der Waals surface area (Å²) in [7, 11) is 3.38. The van der Waals surface area contributed by atoms with Crippen LogP contribution < -0.4 is 19.7 Å². The van der Waals surface area contributed by atoms with E-state index in [2.05, 4.69) is 42.3 Å². The zero-order valence-electron chi connectivity index (χ0n) is 18.7. The van der Waals surface area contributed by atoms with Crippen LogP contribution in [0.5, 0.6) is 11.5 Å². The largest absolute Gasteiger partial charge is 0.493 e. The quantitative estimate of drug-likeness (QED) is 0.729. The van der Waals surface area contributed by atoms with Crippen molar-refractivity contribution in [1.29, 1.82) is 0 Å². The van der Waals surface area contributed by atoms with Crippen molar-refractivity contribution in [2.24, 2.45) is 0 Å². The summed E-state index contributed by atoms with van der Waals surface area (Å²) in [5, 5.41) is 3.62. The lowest BCUT2D eigenvalue weighted by atomic mass is 9.96. The second kappa shape index (κ2) is 9.11. The number of rotatable bonds is 6. The number of benzene rings is 1. The second-order valence-corrected chi connectivity index (χ2v) is 8.76. The summed E-state index contributed by atoms with van der Waals surface area (Å²) < 4.78 is 11.0. The molecule has 2 aromatic rings. The minimum Gasteiger partial charge on any atom is -0.493 e. The summed E-state index contributed by atoms with van der Waals surface area (Å²) in [5.41, 5.74) is 3.68. The summed E-state index contributed by atoms with van der Waals surface area (Å²) in [6.07, 6.45) is 7.32. The SMILES string of the molecule is COc1cc2c(cc1OC)CN(c1cc(C(C)C)nc(NC3CCCCC3)n1)CC2. The van der Waals surface area contributed by atoms with Crippen LogP contribution in [0, 0.1) is 0 Å². The molecule has 1 aromatic carbocycles. The lowest BCUT2D eigenvalue weighted by Crippen LogP contribution is -2.32. The summed E-state index contributed by atoms with van der Waals surface area (Å²) in [4.78, 5) is 12.1. The van der Waals surface area contributed by atoms with Gasteiger partial charge in [-0.25, -0.2) is 4.98 Å². The van der Waals surface area contributed by atoms with Gasteiger partial charge in [-0.2, -0.15) is 4.98 Å². The van der Waals surface area contributed by atoms with Gasteiger partial charge in [0, 0.05) is 25.2 Å². The topological polar surface area (TPSA) is 59.5 Å². The first kappa shape index (κ1) is 20.8. The van der Waals surface area contributed by atoms with Crippen molar-refractivity contribution in [3.8, 4) is 11.5 Å². The number of nitrogens with one attached hydrogen (secondary N) is 1. The van der Waals surface area contributed by atoms with Gasteiger partial charge in [-0.1, -0.05) is 33.1 Å². The van der Waals surface area contributed by atoms with E-state index in [-0.39, 0.29) is 0 Å². The normalized spacial score (nSPS) is 17.0. The van der Waals surface area contributed by atoms with Gasteiger partial charge in [0.2, 0.25) is 5.95 Å². The molecule has 1 saturated carbocycles. The smallest absolute Gasteiger partial charge is 0.225 e. The zero-order valence-corrected chi connectivity index (χ0v) is 18.7. The van der Waals surface area contributed by atoms with Crippen LogP contribution >= 0.6 is 0 Å². The molecule has 1 aliphatic heterocycles. The van der Waals surface area contributed by atoms with Crippen molar-refractivity contribution in [2.45, 2.75) is 70.9 Å². The molecule has 30 heavy (non-hydrogen) atoms. The van der Waals surface area contributed by atoms with Gasteiger partial charge < -0.3 is 19.7 Å². The molecule has 4 rings (SSSR count). The Morgan fingerprint density at radius 1 is 0.967 bits per heavy atom. The van der Waals surface area contributed by atoms with Crippen LogP contribution in [0.1, 0.15) is 68.7 Å². The van der Waals surface area contributed by atoms with Gasteiger partial charge in [-0.3, -0.25) is 0 Å². The highest BCUT2D eigenvalue weighted by atomic mass is 16.5. The monoisotopic (exact) mass is 410 g/mol. The average molecular weight is 411 g/mol. The summed E-state index contributed by atoms with van der Waals surface area (Å²) >= 11 is 0. The van der Waals surface area contributed by atoms with E-state index in [0.717, 1.165) is 48.5 Å². The standard InChI is InChI=1S/C24H34N4O2/c1-16(2)20-14-23(27-24(26-20)25-19-8-6-5-7-9-19)28-11-10-17-12-21(29-3)22(30-4)13-18(17)15-28/h12-14,16,19H,5-11,15H2,1-4H3,(H,25,26,27). The Hall–Kier alpha value is -2.50. The lowest BCUT2D eigenvalue weighted by molar-refractivity contribution is 0.353. The lowest BCUT2D eigenvalue weighted by Gasteiger charge is -2.31. The first-order chi connectivity index (χ1) is 14.6. The Labute approximate surface area is 180 Å². The molecule has 2 heterocycles. The number of hydrogen-bond acceptors (Lipinski definition) is 6. The molecular formula is C24H34N4O2. The number of methoxy groups -OCH3 is 2. The molecular weight excluding hydrogens is 376 g/mol. The van der Waals surface area contributed by atoms with Crippen LogP contribution in [0.3, 0.4) is 0 Å². The third-order valence-corrected chi connectivity index (χ3v) is 6.30. The molecule has 1 N–H and O–H groups in total. The molecule has 1 aromatic heterocycles. The fraction of sp³-hybridized carbons (Fsp3) is 0.583. The van der Waals surface area contributed by atoms with Gasteiger partial charge in [-0.15, -0.1) is 0 Å². The summed E-state index contributed by atoms with van der Waals surface area (Å²) in [6, 6.07) is 6.86. The van der Waals surface area contributed by atoms with E-state index < -0.39 is 0 Å². The van der Waals surface area contributed by atoms with Crippen molar-refractivity contribution in [3.63, 3.8) is 0 Å². The van der Waals surface area contributed by atoms with Crippen molar-refractivity contribution in [3.05, 3.63) is 35.0 Å². The number of nitrogens with zero attached hydrogens (tertiary/aromatic N) is 3. The summed E-state index contributed by atoms with van der Waals surface area (Å²) in [5.74, 6) is 3.73. The molecule has 162 valence electrons. The number of ether oxygens (including phenoxy) is 2. The van der Waals surface area contributed by atoms with Crippen LogP contribution in [0.25, 0.3) is 0 Å². The van der Waals surface area contributed by atoms with E-state index in [9.17, 15) is 0 Å². The fourth-order valence-electron chi connectivity index (χ4n) is 4.48. The maximum Gasteiger partial charge on any atom is 0.225 e. The highest BCUT2D eigenvalue weighted by molar-refractivity contribution is 5.53. The van der Waals surface area contributed by atoms with Crippen molar-refractivity contribution in [2.75, 3.05) is 31.0 Å². The molecule has 0 bridgehead atoms. The van der Waals surface area contributed by atoms with Gasteiger partial charge in [0.1, 0.15) is 5.82 Å². The Balaban J connectivity index is 1.60. The maximum atomic E-state index is 5.52. The summed E-state index contributed by atoms with van der Waals surface area (Å²) in [6.45, 7) is 6.13. The molecule has 6 heteroatoms. The second-order valence-electron chi connectivity index (χ2n) is 8.76. The van der Waals surface area contributed by atoms with E-state index in [1.165, 1.54) is 43.2 Å². The first-order valence-electron chi connectivity index (χ1n) is 11.2. The van der Waals surface area contributed by atoms with Crippen LogP contribution in [0.15, 0.2) is 18.2 Å². The number of aromatic nitrogens is 2. The van der Waals surface area contributed by atoms with Crippen molar-refractivity contribution < 1.29 is 9.47 Å². The Kier molecular flexibility index (Phi) is 6.30. The minimum atomic E-state index is 0.361. The molecule has 0 amide bonds. The van der Waals surface area contributed by atoms with E-state index in [0.29, 0.717) is 12.0 Å². The third kappa shape index (κ3) is 4.47. The molecule has 1 fully saturated rings. The molecule has 0 saturated heterocycles.